The minimum atomic E-state index is 0.450. The molecule has 0 aromatic heterocycles. The third-order valence-electron chi connectivity index (χ3n) is 9.60. The molecular formula is C25H42O. The van der Waals surface area contributed by atoms with E-state index in [0.29, 0.717) is 10.8 Å². The Hall–Kier alpha value is -0.300. The van der Waals surface area contributed by atoms with Crippen molar-refractivity contribution in [2.45, 2.75) is 85.5 Å². The molecule has 0 aromatic carbocycles. The molecule has 0 amide bonds. The second-order valence-corrected chi connectivity index (χ2v) is 11.1. The van der Waals surface area contributed by atoms with Gasteiger partial charge in [-0.2, -0.15) is 0 Å². The first-order valence-corrected chi connectivity index (χ1v) is 11.6. The zero-order chi connectivity index (χ0) is 18.5. The summed E-state index contributed by atoms with van der Waals surface area (Å²) in [6.45, 7) is 15.8. The highest BCUT2D eigenvalue weighted by Gasteiger charge is 2.57. The van der Waals surface area contributed by atoms with Gasteiger partial charge in [-0.05, 0) is 118 Å². The molecule has 4 saturated carbocycles. The van der Waals surface area contributed by atoms with Crippen LogP contribution in [0.5, 0.6) is 0 Å². The number of rotatable bonds is 4. The van der Waals surface area contributed by atoms with E-state index in [4.69, 9.17) is 4.74 Å². The highest BCUT2D eigenvalue weighted by molar-refractivity contribution is 5.14. The van der Waals surface area contributed by atoms with Crippen LogP contribution in [0.1, 0.15) is 85.5 Å². The van der Waals surface area contributed by atoms with Gasteiger partial charge in [-0.15, -0.1) is 0 Å². The van der Waals surface area contributed by atoms with Gasteiger partial charge in [0, 0.05) is 6.61 Å². The Morgan fingerprint density at radius 3 is 2.46 bits per heavy atom. The van der Waals surface area contributed by atoms with Crippen LogP contribution in [0.3, 0.4) is 0 Å². The molecular weight excluding hydrogens is 316 g/mol. The molecule has 4 aliphatic carbocycles. The molecule has 26 heavy (non-hydrogen) atoms. The van der Waals surface area contributed by atoms with E-state index in [2.05, 4.69) is 34.3 Å². The van der Waals surface area contributed by atoms with Gasteiger partial charge in [0.25, 0.3) is 0 Å². The molecule has 0 radical (unpaired) electrons. The van der Waals surface area contributed by atoms with Crippen LogP contribution < -0.4 is 0 Å². The SMILES string of the molecule is C=C(C)C1CCC2C3CCC4C[C@@](C)(COCC)CCC4C3CCC12C. The third kappa shape index (κ3) is 3.01. The van der Waals surface area contributed by atoms with Gasteiger partial charge >= 0.3 is 0 Å². The lowest BCUT2D eigenvalue weighted by molar-refractivity contribution is -0.0859. The molecule has 0 saturated heterocycles. The van der Waals surface area contributed by atoms with Gasteiger partial charge in [-0.3, -0.25) is 0 Å². The lowest BCUT2D eigenvalue weighted by atomic mass is 9.48. The molecule has 1 heteroatoms. The van der Waals surface area contributed by atoms with Crippen LogP contribution in [0.2, 0.25) is 0 Å². The molecule has 0 bridgehead atoms. The summed E-state index contributed by atoms with van der Waals surface area (Å²) in [4.78, 5) is 0. The monoisotopic (exact) mass is 358 g/mol. The van der Waals surface area contributed by atoms with E-state index in [1.54, 1.807) is 0 Å². The van der Waals surface area contributed by atoms with Gasteiger partial charge in [0.2, 0.25) is 0 Å². The van der Waals surface area contributed by atoms with Crippen LogP contribution in [-0.4, -0.2) is 13.2 Å². The summed E-state index contributed by atoms with van der Waals surface area (Å²) in [5.41, 5.74) is 2.48. The molecule has 0 aliphatic heterocycles. The van der Waals surface area contributed by atoms with Gasteiger partial charge in [0.1, 0.15) is 0 Å². The predicted octanol–water partition coefficient (Wildman–Crippen LogP) is 6.87. The second-order valence-electron chi connectivity index (χ2n) is 11.1. The lowest BCUT2D eigenvalue weighted by Gasteiger charge is -2.57. The van der Waals surface area contributed by atoms with Gasteiger partial charge in [0.05, 0.1) is 6.61 Å². The zero-order valence-electron chi connectivity index (χ0n) is 17.9. The van der Waals surface area contributed by atoms with Crippen LogP contribution in [0.4, 0.5) is 0 Å². The maximum absolute atomic E-state index is 5.86. The standard InChI is InChI=1S/C25H42O/c1-6-26-16-24(4)13-11-19-18(15-24)7-8-21-20(19)12-14-25(5)22(17(2)3)9-10-23(21)25/h18-23H,2,6-16H2,1,3-5H3/t18?,19?,20?,21?,22?,23?,24-,25?/m0/s1. The Bertz CT molecular complexity index is 538. The van der Waals surface area contributed by atoms with Crippen LogP contribution in [0.25, 0.3) is 0 Å². The molecule has 7 unspecified atom stereocenters. The Kier molecular flexibility index (Phi) is 5.08. The zero-order valence-corrected chi connectivity index (χ0v) is 17.9. The van der Waals surface area contributed by atoms with Crippen molar-refractivity contribution in [1.29, 1.82) is 0 Å². The normalized spacial score (nSPS) is 50.6. The van der Waals surface area contributed by atoms with Crippen LogP contribution in [0.15, 0.2) is 12.2 Å². The second kappa shape index (κ2) is 6.94. The van der Waals surface area contributed by atoms with E-state index >= 15 is 0 Å². The van der Waals surface area contributed by atoms with Crippen molar-refractivity contribution in [3.63, 3.8) is 0 Å². The average molecular weight is 359 g/mol. The number of ether oxygens (including phenoxy) is 1. The van der Waals surface area contributed by atoms with Gasteiger partial charge in [-0.25, -0.2) is 0 Å². The minimum absolute atomic E-state index is 0.450. The van der Waals surface area contributed by atoms with Gasteiger partial charge in [-0.1, -0.05) is 26.0 Å². The number of allylic oxidation sites excluding steroid dienone is 1. The van der Waals surface area contributed by atoms with E-state index in [1.807, 2.05) is 0 Å². The maximum atomic E-state index is 5.86. The summed E-state index contributed by atoms with van der Waals surface area (Å²) in [6, 6.07) is 0. The molecule has 0 N–H and O–H groups in total. The number of fused-ring (bicyclic) bond motifs is 5. The summed E-state index contributed by atoms with van der Waals surface area (Å²) < 4.78 is 5.86. The summed E-state index contributed by atoms with van der Waals surface area (Å²) in [5, 5.41) is 0. The predicted molar refractivity (Wildman–Crippen MR) is 110 cm³/mol. The van der Waals surface area contributed by atoms with Crippen molar-refractivity contribution >= 4 is 0 Å². The first-order chi connectivity index (χ1) is 12.4. The molecule has 8 atom stereocenters. The van der Waals surface area contributed by atoms with Crippen LogP contribution in [0, 0.1) is 46.3 Å². The molecule has 1 nitrogen and oxygen atoms in total. The first kappa shape index (κ1) is 19.0. The van der Waals surface area contributed by atoms with E-state index in [9.17, 15) is 0 Å². The molecule has 4 fully saturated rings. The van der Waals surface area contributed by atoms with Crippen molar-refractivity contribution in [3.05, 3.63) is 12.2 Å². The third-order valence-corrected chi connectivity index (χ3v) is 9.60. The van der Waals surface area contributed by atoms with E-state index < -0.39 is 0 Å². The summed E-state index contributed by atoms with van der Waals surface area (Å²) >= 11 is 0. The van der Waals surface area contributed by atoms with Crippen LogP contribution in [-0.2, 0) is 4.74 Å². The smallest absolute Gasteiger partial charge is 0.0519 e. The van der Waals surface area contributed by atoms with E-state index in [-0.39, 0.29) is 0 Å². The van der Waals surface area contributed by atoms with Crippen molar-refractivity contribution in [3.8, 4) is 0 Å². The molecule has 0 heterocycles. The van der Waals surface area contributed by atoms with Crippen molar-refractivity contribution < 1.29 is 4.74 Å². The van der Waals surface area contributed by atoms with Crippen LogP contribution >= 0.6 is 0 Å². The Labute approximate surface area is 162 Å². The summed E-state index contributed by atoms with van der Waals surface area (Å²) in [7, 11) is 0. The fourth-order valence-electron chi connectivity index (χ4n) is 8.48. The van der Waals surface area contributed by atoms with Crippen molar-refractivity contribution in [2.24, 2.45) is 46.3 Å². The number of hydrogen-bond acceptors (Lipinski definition) is 1. The first-order valence-electron chi connectivity index (χ1n) is 11.6. The quantitative estimate of drug-likeness (QED) is 0.498. The maximum Gasteiger partial charge on any atom is 0.0519 e. The van der Waals surface area contributed by atoms with Gasteiger partial charge in [0.15, 0.2) is 0 Å². The van der Waals surface area contributed by atoms with E-state index in [0.717, 1.165) is 48.7 Å². The topological polar surface area (TPSA) is 9.23 Å². The molecule has 0 aromatic rings. The minimum Gasteiger partial charge on any atom is -0.381 e. The average Bonchev–Trinajstić information content (AvgIpc) is 2.97. The summed E-state index contributed by atoms with van der Waals surface area (Å²) in [6.07, 6.45) is 13.2. The van der Waals surface area contributed by atoms with E-state index in [1.165, 1.54) is 63.4 Å². The fraction of sp³-hybridized carbons (Fsp3) is 0.920. The van der Waals surface area contributed by atoms with Crippen molar-refractivity contribution in [2.75, 3.05) is 13.2 Å². The largest absolute Gasteiger partial charge is 0.381 e. The lowest BCUT2D eigenvalue weighted by Crippen LogP contribution is -2.50. The summed E-state index contributed by atoms with van der Waals surface area (Å²) in [5.74, 6) is 5.85. The Morgan fingerprint density at radius 2 is 1.73 bits per heavy atom. The highest BCUT2D eigenvalue weighted by Crippen LogP contribution is 2.65. The molecule has 148 valence electrons. The fourth-order valence-corrected chi connectivity index (χ4v) is 8.48. The van der Waals surface area contributed by atoms with Crippen molar-refractivity contribution in [1.82, 2.24) is 0 Å². The number of hydrogen-bond donors (Lipinski definition) is 0. The molecule has 0 spiro atoms. The Balaban J connectivity index is 1.47. The van der Waals surface area contributed by atoms with Gasteiger partial charge < -0.3 is 4.74 Å². The molecule has 4 rings (SSSR count). The Morgan fingerprint density at radius 1 is 0.962 bits per heavy atom. The highest BCUT2D eigenvalue weighted by atomic mass is 16.5. The molecule has 4 aliphatic rings.